The van der Waals surface area contributed by atoms with Crippen LogP contribution in [0.15, 0.2) is 24.3 Å². The highest BCUT2D eigenvalue weighted by Gasteiger charge is 2.16. The van der Waals surface area contributed by atoms with Gasteiger partial charge in [0.1, 0.15) is 0 Å². The predicted octanol–water partition coefficient (Wildman–Crippen LogP) is 6.08. The van der Waals surface area contributed by atoms with Gasteiger partial charge in [0.25, 0.3) is 0 Å². The highest BCUT2D eigenvalue weighted by Crippen LogP contribution is 2.36. The van der Waals surface area contributed by atoms with Crippen molar-refractivity contribution in [2.75, 3.05) is 0 Å². The van der Waals surface area contributed by atoms with E-state index in [1.54, 1.807) is 0 Å². The number of unbranched alkanes of at least 4 members (excludes halogenated alkanes) is 1. The molecule has 0 radical (unpaired) electrons. The van der Waals surface area contributed by atoms with Crippen LogP contribution in [0, 0.1) is 20.8 Å². The Labute approximate surface area is 133 Å². The van der Waals surface area contributed by atoms with Gasteiger partial charge in [-0.3, -0.25) is 0 Å². The second kappa shape index (κ2) is 5.79. The maximum Gasteiger partial charge on any atom is 0.0526 e. The zero-order valence-electron chi connectivity index (χ0n) is 14.6. The van der Waals surface area contributed by atoms with E-state index in [0.717, 1.165) is 6.54 Å². The molecule has 22 heavy (non-hydrogen) atoms. The Balaban J connectivity index is 2.48. The Bertz CT molecular complexity index is 836. The van der Waals surface area contributed by atoms with Gasteiger partial charge in [0.05, 0.1) is 5.52 Å². The third kappa shape index (κ3) is 2.24. The quantitative estimate of drug-likeness (QED) is 0.549. The molecule has 0 aliphatic rings. The Morgan fingerprint density at radius 1 is 1.00 bits per heavy atom. The van der Waals surface area contributed by atoms with E-state index in [1.165, 1.54) is 63.3 Å². The summed E-state index contributed by atoms with van der Waals surface area (Å²) in [7, 11) is 0. The van der Waals surface area contributed by atoms with E-state index in [0.29, 0.717) is 0 Å². The Kier molecular flexibility index (Phi) is 3.99. The number of fused-ring (bicyclic) bond motifs is 3. The van der Waals surface area contributed by atoms with Crippen molar-refractivity contribution < 1.29 is 0 Å². The molecule has 3 rings (SSSR count). The van der Waals surface area contributed by atoms with E-state index in [4.69, 9.17) is 0 Å². The molecule has 0 spiro atoms. The average Bonchev–Trinajstić information content (AvgIpc) is 2.83. The van der Waals surface area contributed by atoms with Crippen molar-refractivity contribution in [1.29, 1.82) is 0 Å². The smallest absolute Gasteiger partial charge is 0.0526 e. The van der Waals surface area contributed by atoms with Gasteiger partial charge in [-0.05, 0) is 69.4 Å². The van der Waals surface area contributed by atoms with Crippen LogP contribution in [0.25, 0.3) is 21.8 Å². The molecule has 0 fully saturated rings. The van der Waals surface area contributed by atoms with E-state index in [1.807, 2.05) is 0 Å². The fraction of sp³-hybridized carbons (Fsp3) is 0.429. The topological polar surface area (TPSA) is 4.93 Å². The van der Waals surface area contributed by atoms with Gasteiger partial charge >= 0.3 is 0 Å². The van der Waals surface area contributed by atoms with Crippen LogP contribution in [0.2, 0.25) is 0 Å². The van der Waals surface area contributed by atoms with Crippen LogP contribution in [0.5, 0.6) is 0 Å². The summed E-state index contributed by atoms with van der Waals surface area (Å²) in [4.78, 5) is 0. The molecule has 0 saturated heterocycles. The molecule has 0 amide bonds. The first-order valence-electron chi connectivity index (χ1n) is 8.60. The lowest BCUT2D eigenvalue weighted by Crippen LogP contribution is -1.98. The maximum absolute atomic E-state index is 2.50. The molecule has 2 aromatic carbocycles. The van der Waals surface area contributed by atoms with Gasteiger partial charge in [-0.2, -0.15) is 0 Å². The predicted molar refractivity (Wildman–Crippen MR) is 97.9 cm³/mol. The Morgan fingerprint density at radius 2 is 1.77 bits per heavy atom. The number of aryl methyl sites for hydroxylation is 5. The number of nitrogens with zero attached hydrogens (tertiary/aromatic N) is 1. The molecule has 116 valence electrons. The molecule has 0 saturated carbocycles. The minimum Gasteiger partial charge on any atom is -0.341 e. The van der Waals surface area contributed by atoms with Gasteiger partial charge < -0.3 is 4.57 Å². The summed E-state index contributed by atoms with van der Waals surface area (Å²) < 4.78 is 2.50. The largest absolute Gasteiger partial charge is 0.341 e. The third-order valence-corrected chi connectivity index (χ3v) is 4.99. The number of hydrogen-bond donors (Lipinski definition) is 0. The van der Waals surface area contributed by atoms with E-state index in [-0.39, 0.29) is 0 Å². The number of benzene rings is 2. The monoisotopic (exact) mass is 293 g/mol. The summed E-state index contributed by atoms with van der Waals surface area (Å²) in [6.45, 7) is 12.3. The maximum atomic E-state index is 2.50. The molecule has 1 heteroatoms. The zero-order valence-corrected chi connectivity index (χ0v) is 14.6. The lowest BCUT2D eigenvalue weighted by molar-refractivity contribution is 0.796. The van der Waals surface area contributed by atoms with Crippen LogP contribution in [-0.2, 0) is 13.0 Å². The average molecular weight is 293 g/mol. The first-order chi connectivity index (χ1) is 10.6. The van der Waals surface area contributed by atoms with Gasteiger partial charge in [-0.25, -0.2) is 0 Å². The van der Waals surface area contributed by atoms with Crippen LogP contribution in [0.4, 0.5) is 0 Å². The van der Waals surface area contributed by atoms with Gasteiger partial charge in [0, 0.05) is 22.8 Å². The minimum absolute atomic E-state index is 1.03. The van der Waals surface area contributed by atoms with Crippen molar-refractivity contribution in [2.24, 2.45) is 0 Å². The molecule has 3 aromatic rings. The fourth-order valence-corrected chi connectivity index (χ4v) is 3.70. The highest BCUT2D eigenvalue weighted by atomic mass is 15.0. The van der Waals surface area contributed by atoms with E-state index < -0.39 is 0 Å². The Hall–Kier alpha value is -1.76. The molecular formula is C21H27N. The van der Waals surface area contributed by atoms with E-state index >= 15 is 0 Å². The third-order valence-electron chi connectivity index (χ3n) is 4.99. The van der Waals surface area contributed by atoms with E-state index in [9.17, 15) is 0 Å². The number of rotatable bonds is 4. The van der Waals surface area contributed by atoms with Crippen molar-refractivity contribution >= 4 is 21.8 Å². The van der Waals surface area contributed by atoms with Crippen molar-refractivity contribution in [3.63, 3.8) is 0 Å². The van der Waals surface area contributed by atoms with Crippen molar-refractivity contribution in [2.45, 2.75) is 60.4 Å². The van der Waals surface area contributed by atoms with Gasteiger partial charge in [0.2, 0.25) is 0 Å². The van der Waals surface area contributed by atoms with Crippen LogP contribution < -0.4 is 0 Å². The van der Waals surface area contributed by atoms with Crippen molar-refractivity contribution in [3.05, 3.63) is 46.5 Å². The summed E-state index contributed by atoms with van der Waals surface area (Å²) in [6, 6.07) is 9.33. The SMILES string of the molecule is CCCCc1cc(C)c(C)c2c1c1cc(C)ccc1n2CC. The standard InChI is InChI=1S/C21H27N/c1-6-8-9-17-13-15(4)16(5)21-20(17)18-12-14(3)10-11-19(18)22(21)7-2/h10-13H,6-9H2,1-5H3. The summed E-state index contributed by atoms with van der Waals surface area (Å²) >= 11 is 0. The van der Waals surface area contributed by atoms with Crippen molar-refractivity contribution in [3.8, 4) is 0 Å². The Morgan fingerprint density at radius 3 is 2.45 bits per heavy atom. The zero-order chi connectivity index (χ0) is 15.9. The second-order valence-corrected chi connectivity index (χ2v) is 6.57. The molecule has 0 aliphatic heterocycles. The van der Waals surface area contributed by atoms with Crippen LogP contribution >= 0.6 is 0 Å². The number of hydrogen-bond acceptors (Lipinski definition) is 0. The fourth-order valence-electron chi connectivity index (χ4n) is 3.70. The first-order valence-corrected chi connectivity index (χ1v) is 8.60. The molecular weight excluding hydrogens is 266 g/mol. The van der Waals surface area contributed by atoms with Gasteiger partial charge in [-0.1, -0.05) is 31.0 Å². The van der Waals surface area contributed by atoms with Crippen LogP contribution in [-0.4, -0.2) is 4.57 Å². The summed E-state index contributed by atoms with van der Waals surface area (Å²) in [5, 5.41) is 2.93. The first kappa shape index (κ1) is 15.1. The van der Waals surface area contributed by atoms with Crippen molar-refractivity contribution in [1.82, 2.24) is 4.57 Å². The van der Waals surface area contributed by atoms with E-state index in [2.05, 4.69) is 63.5 Å². The molecule has 0 N–H and O–H groups in total. The lowest BCUT2D eigenvalue weighted by atomic mass is 9.95. The van der Waals surface area contributed by atoms with Crippen LogP contribution in [0.1, 0.15) is 48.9 Å². The summed E-state index contributed by atoms with van der Waals surface area (Å²) in [5.41, 5.74) is 8.58. The molecule has 1 heterocycles. The molecule has 1 aromatic heterocycles. The number of aromatic nitrogens is 1. The molecule has 0 aliphatic carbocycles. The van der Waals surface area contributed by atoms with Gasteiger partial charge in [0.15, 0.2) is 0 Å². The summed E-state index contributed by atoms with van der Waals surface area (Å²) in [6.07, 6.45) is 3.70. The molecule has 0 bridgehead atoms. The normalized spacial score (nSPS) is 11.7. The van der Waals surface area contributed by atoms with Crippen LogP contribution in [0.3, 0.4) is 0 Å². The second-order valence-electron chi connectivity index (χ2n) is 6.57. The lowest BCUT2D eigenvalue weighted by Gasteiger charge is -2.12. The molecule has 1 nitrogen and oxygen atoms in total. The molecule has 0 unspecified atom stereocenters. The highest BCUT2D eigenvalue weighted by molar-refractivity contribution is 6.11. The minimum atomic E-state index is 1.03. The van der Waals surface area contributed by atoms with Gasteiger partial charge in [-0.15, -0.1) is 0 Å². The molecule has 0 atom stereocenters. The summed E-state index contributed by atoms with van der Waals surface area (Å²) in [5.74, 6) is 0.